The van der Waals surface area contributed by atoms with Crippen molar-refractivity contribution >= 4 is 27.3 Å². The van der Waals surface area contributed by atoms with Crippen LogP contribution < -0.4 is 11.3 Å². The minimum atomic E-state index is 0.159. The van der Waals surface area contributed by atoms with Crippen molar-refractivity contribution in [3.8, 4) is 0 Å². The first-order valence-corrected chi connectivity index (χ1v) is 8.01. The zero-order valence-electron chi connectivity index (χ0n) is 11.2. The van der Waals surface area contributed by atoms with E-state index >= 15 is 0 Å². The van der Waals surface area contributed by atoms with Gasteiger partial charge in [0, 0.05) is 11.3 Å². The molecule has 0 saturated heterocycles. The molecule has 102 valence electrons. The van der Waals surface area contributed by atoms with E-state index in [1.54, 1.807) is 11.3 Å². The molecule has 0 fully saturated rings. The maximum atomic E-state index is 5.70. The summed E-state index contributed by atoms with van der Waals surface area (Å²) >= 11 is 5.25. The van der Waals surface area contributed by atoms with Gasteiger partial charge in [0.1, 0.15) is 0 Å². The molecule has 0 amide bonds. The quantitative estimate of drug-likeness (QED) is 0.627. The highest BCUT2D eigenvalue weighted by Gasteiger charge is 2.12. The lowest BCUT2D eigenvalue weighted by atomic mass is 9.98. The molecule has 3 N–H and O–H groups in total. The molecular formula is C15H19BrN2S. The third-order valence-corrected chi connectivity index (χ3v) is 4.89. The second-order valence-corrected chi connectivity index (χ2v) is 7.50. The Morgan fingerprint density at radius 2 is 1.74 bits per heavy atom. The van der Waals surface area contributed by atoms with Crippen LogP contribution in [0.1, 0.15) is 41.8 Å². The molecule has 2 nitrogen and oxygen atoms in total. The van der Waals surface area contributed by atoms with Crippen molar-refractivity contribution in [2.24, 2.45) is 5.84 Å². The normalized spacial score (nSPS) is 12.9. The van der Waals surface area contributed by atoms with Gasteiger partial charge in [-0.05, 0) is 45.1 Å². The molecule has 0 aliphatic rings. The highest BCUT2D eigenvalue weighted by molar-refractivity contribution is 9.11. The van der Waals surface area contributed by atoms with E-state index in [0.29, 0.717) is 5.92 Å². The first-order chi connectivity index (χ1) is 9.10. The average Bonchev–Trinajstić information content (AvgIpc) is 2.81. The molecule has 2 rings (SSSR count). The average molecular weight is 339 g/mol. The predicted molar refractivity (Wildman–Crippen MR) is 86.3 cm³/mol. The van der Waals surface area contributed by atoms with E-state index in [0.717, 1.165) is 10.2 Å². The van der Waals surface area contributed by atoms with Crippen molar-refractivity contribution in [2.75, 3.05) is 0 Å². The van der Waals surface area contributed by atoms with Crippen molar-refractivity contribution in [3.63, 3.8) is 0 Å². The number of hydrogen-bond acceptors (Lipinski definition) is 3. The van der Waals surface area contributed by atoms with Gasteiger partial charge in [-0.3, -0.25) is 11.3 Å². The summed E-state index contributed by atoms with van der Waals surface area (Å²) in [5, 5.41) is 0. The standard InChI is InChI=1S/C15H19BrN2S/c1-10(2)11-3-5-12(6-4-11)14(18-17)9-13-7-8-15(16)19-13/h3-8,10,14,18H,9,17H2,1-2H3. The number of benzene rings is 1. The van der Waals surface area contributed by atoms with Crippen LogP contribution in [0.2, 0.25) is 0 Å². The number of nitrogens with one attached hydrogen (secondary N) is 1. The zero-order valence-corrected chi connectivity index (χ0v) is 13.6. The molecule has 2 aromatic rings. The number of halogens is 1. The smallest absolute Gasteiger partial charge is 0.0701 e. The Morgan fingerprint density at radius 1 is 1.11 bits per heavy atom. The topological polar surface area (TPSA) is 38.0 Å². The van der Waals surface area contributed by atoms with Crippen molar-refractivity contribution in [2.45, 2.75) is 32.2 Å². The van der Waals surface area contributed by atoms with Crippen LogP contribution in [-0.2, 0) is 6.42 Å². The molecular weight excluding hydrogens is 320 g/mol. The van der Waals surface area contributed by atoms with Crippen LogP contribution in [0.5, 0.6) is 0 Å². The number of nitrogens with two attached hydrogens (primary N) is 1. The fraction of sp³-hybridized carbons (Fsp3) is 0.333. The second kappa shape index (κ2) is 6.66. The Bertz CT molecular complexity index is 519. The molecule has 0 radical (unpaired) electrons. The molecule has 1 atom stereocenters. The summed E-state index contributed by atoms with van der Waals surface area (Å²) in [5.74, 6) is 6.26. The van der Waals surface area contributed by atoms with Gasteiger partial charge in [0.2, 0.25) is 0 Å². The van der Waals surface area contributed by atoms with Crippen LogP contribution in [0.3, 0.4) is 0 Å². The van der Waals surface area contributed by atoms with E-state index in [1.807, 2.05) is 0 Å². The monoisotopic (exact) mass is 338 g/mol. The van der Waals surface area contributed by atoms with E-state index in [9.17, 15) is 0 Å². The number of rotatable bonds is 5. The molecule has 19 heavy (non-hydrogen) atoms. The molecule has 0 bridgehead atoms. The van der Waals surface area contributed by atoms with Gasteiger partial charge in [0.05, 0.1) is 9.83 Å². The molecule has 1 heterocycles. The van der Waals surface area contributed by atoms with Gasteiger partial charge >= 0.3 is 0 Å². The van der Waals surface area contributed by atoms with Crippen LogP contribution in [0.4, 0.5) is 0 Å². The molecule has 0 saturated carbocycles. The van der Waals surface area contributed by atoms with E-state index in [-0.39, 0.29) is 6.04 Å². The van der Waals surface area contributed by atoms with Crippen molar-refractivity contribution in [1.29, 1.82) is 0 Å². The summed E-state index contributed by atoms with van der Waals surface area (Å²) in [4.78, 5) is 1.32. The van der Waals surface area contributed by atoms with Gasteiger partial charge in [0.15, 0.2) is 0 Å². The SMILES string of the molecule is CC(C)c1ccc(C(Cc2ccc(Br)s2)NN)cc1. The Hall–Kier alpha value is -0.680. The van der Waals surface area contributed by atoms with Crippen LogP contribution in [0, 0.1) is 0 Å². The fourth-order valence-electron chi connectivity index (χ4n) is 2.05. The maximum absolute atomic E-state index is 5.70. The highest BCUT2D eigenvalue weighted by atomic mass is 79.9. The minimum Gasteiger partial charge on any atom is -0.271 e. The summed E-state index contributed by atoms with van der Waals surface area (Å²) in [6.07, 6.45) is 0.911. The van der Waals surface area contributed by atoms with Gasteiger partial charge in [-0.2, -0.15) is 0 Å². The number of hydrogen-bond donors (Lipinski definition) is 2. The van der Waals surface area contributed by atoms with E-state index in [1.165, 1.54) is 16.0 Å². The molecule has 0 spiro atoms. The van der Waals surface area contributed by atoms with Gasteiger partial charge in [-0.15, -0.1) is 11.3 Å². The first-order valence-electron chi connectivity index (χ1n) is 6.40. The molecule has 1 aromatic heterocycles. The molecule has 1 unspecified atom stereocenters. The van der Waals surface area contributed by atoms with Crippen LogP contribution >= 0.6 is 27.3 Å². The van der Waals surface area contributed by atoms with Gasteiger partial charge < -0.3 is 0 Å². The highest BCUT2D eigenvalue weighted by Crippen LogP contribution is 2.27. The molecule has 1 aromatic carbocycles. The molecule has 4 heteroatoms. The zero-order chi connectivity index (χ0) is 13.8. The molecule has 0 aliphatic carbocycles. The minimum absolute atomic E-state index is 0.159. The van der Waals surface area contributed by atoms with E-state index in [2.05, 4.69) is 71.6 Å². The van der Waals surface area contributed by atoms with Crippen LogP contribution in [0.15, 0.2) is 40.2 Å². The van der Waals surface area contributed by atoms with E-state index < -0.39 is 0 Å². The Morgan fingerprint density at radius 3 is 2.21 bits per heavy atom. The summed E-state index contributed by atoms with van der Waals surface area (Å²) in [6, 6.07) is 13.1. The maximum Gasteiger partial charge on any atom is 0.0701 e. The largest absolute Gasteiger partial charge is 0.271 e. The first kappa shape index (κ1) is 14.7. The van der Waals surface area contributed by atoms with E-state index in [4.69, 9.17) is 5.84 Å². The lowest BCUT2D eigenvalue weighted by molar-refractivity contribution is 0.555. The van der Waals surface area contributed by atoms with Crippen molar-refractivity contribution in [1.82, 2.24) is 5.43 Å². The Labute approximate surface area is 127 Å². The van der Waals surface area contributed by atoms with Gasteiger partial charge in [-0.25, -0.2) is 0 Å². The Balaban J connectivity index is 2.12. The summed E-state index contributed by atoms with van der Waals surface area (Å²) in [7, 11) is 0. The van der Waals surface area contributed by atoms with Crippen LogP contribution in [0.25, 0.3) is 0 Å². The van der Waals surface area contributed by atoms with Gasteiger partial charge in [-0.1, -0.05) is 38.1 Å². The lowest BCUT2D eigenvalue weighted by Crippen LogP contribution is -2.29. The van der Waals surface area contributed by atoms with Gasteiger partial charge in [0.25, 0.3) is 0 Å². The summed E-state index contributed by atoms with van der Waals surface area (Å²) in [6.45, 7) is 4.41. The van der Waals surface area contributed by atoms with Crippen molar-refractivity contribution in [3.05, 3.63) is 56.2 Å². The third-order valence-electron chi connectivity index (χ3n) is 3.24. The predicted octanol–water partition coefficient (Wildman–Crippen LogP) is 4.38. The Kier molecular flexibility index (Phi) is 5.16. The number of hydrazine groups is 1. The fourth-order valence-corrected chi connectivity index (χ4v) is 3.58. The second-order valence-electron chi connectivity index (χ2n) is 4.95. The third kappa shape index (κ3) is 3.89. The van der Waals surface area contributed by atoms with Crippen LogP contribution in [-0.4, -0.2) is 0 Å². The summed E-state index contributed by atoms with van der Waals surface area (Å²) in [5.41, 5.74) is 5.51. The lowest BCUT2D eigenvalue weighted by Gasteiger charge is -2.16. The van der Waals surface area contributed by atoms with Crippen molar-refractivity contribution < 1.29 is 0 Å². The number of thiophene rings is 1. The summed E-state index contributed by atoms with van der Waals surface area (Å²) < 4.78 is 1.16. The molecule has 0 aliphatic heterocycles.